The third kappa shape index (κ3) is 2.28. The van der Waals surface area contributed by atoms with Crippen LogP contribution in [0.25, 0.3) is 11.0 Å². The van der Waals surface area contributed by atoms with Crippen LogP contribution in [0.4, 0.5) is 0 Å². The smallest absolute Gasteiger partial charge is 0.163 e. The second-order valence-corrected chi connectivity index (χ2v) is 4.41. The second-order valence-electron chi connectivity index (χ2n) is 4.41. The van der Waals surface area contributed by atoms with Crippen molar-refractivity contribution in [3.05, 3.63) is 18.0 Å². The molecule has 0 saturated heterocycles. The molecule has 98 valence electrons. The van der Waals surface area contributed by atoms with E-state index in [4.69, 9.17) is 4.74 Å². The van der Waals surface area contributed by atoms with Crippen LogP contribution in [0.5, 0.6) is 11.5 Å². The van der Waals surface area contributed by atoms with Crippen molar-refractivity contribution in [2.24, 2.45) is 0 Å². The highest BCUT2D eigenvalue weighted by atomic mass is 16.5. The molecule has 1 aromatic heterocycles. The van der Waals surface area contributed by atoms with Crippen molar-refractivity contribution in [2.75, 3.05) is 6.61 Å². The molecule has 18 heavy (non-hydrogen) atoms. The van der Waals surface area contributed by atoms with E-state index in [0.717, 1.165) is 36.2 Å². The lowest BCUT2D eigenvalue weighted by Gasteiger charge is -2.08. The summed E-state index contributed by atoms with van der Waals surface area (Å²) in [5, 5.41) is 9.84. The first kappa shape index (κ1) is 12.7. The average molecular weight is 248 g/mol. The molecular weight excluding hydrogens is 228 g/mol. The summed E-state index contributed by atoms with van der Waals surface area (Å²) in [6.45, 7) is 7.57. The number of unbranched alkanes of at least 4 members (excludes halogenated alkanes) is 1. The monoisotopic (exact) mass is 248 g/mol. The first-order valence-corrected chi connectivity index (χ1v) is 6.50. The minimum Gasteiger partial charge on any atom is -0.504 e. The van der Waals surface area contributed by atoms with Crippen LogP contribution in [-0.4, -0.2) is 21.3 Å². The topological polar surface area (TPSA) is 47.3 Å². The minimum atomic E-state index is 0.157. The van der Waals surface area contributed by atoms with Crippen LogP contribution in [0, 0.1) is 6.92 Å². The summed E-state index contributed by atoms with van der Waals surface area (Å²) in [5.41, 5.74) is 1.85. The summed E-state index contributed by atoms with van der Waals surface area (Å²) < 4.78 is 7.60. The standard InChI is InChI=1S/C14H20N2O2/c1-4-6-7-16-10(3)15-11-8-13(17)14(18-5-2)9-12(11)16/h8-9,17H,4-7H2,1-3H3. The Bertz CT molecular complexity index is 546. The van der Waals surface area contributed by atoms with Gasteiger partial charge in [0.1, 0.15) is 5.82 Å². The number of ether oxygens (including phenoxy) is 1. The number of fused-ring (bicyclic) bond motifs is 1. The predicted octanol–water partition coefficient (Wildman–Crippen LogP) is 3.25. The summed E-state index contributed by atoms with van der Waals surface area (Å²) in [6.07, 6.45) is 2.27. The zero-order valence-electron chi connectivity index (χ0n) is 11.2. The summed E-state index contributed by atoms with van der Waals surface area (Å²) in [7, 11) is 0. The molecule has 0 spiro atoms. The Morgan fingerprint density at radius 1 is 1.33 bits per heavy atom. The Kier molecular flexibility index (Phi) is 3.75. The highest BCUT2D eigenvalue weighted by molar-refractivity contribution is 5.80. The number of benzene rings is 1. The van der Waals surface area contributed by atoms with Gasteiger partial charge >= 0.3 is 0 Å². The van der Waals surface area contributed by atoms with E-state index < -0.39 is 0 Å². The van der Waals surface area contributed by atoms with Crippen molar-refractivity contribution in [2.45, 2.75) is 40.2 Å². The number of aromatic nitrogens is 2. The lowest BCUT2D eigenvalue weighted by Crippen LogP contribution is -2.00. The van der Waals surface area contributed by atoms with Gasteiger partial charge in [-0.2, -0.15) is 0 Å². The first-order chi connectivity index (χ1) is 8.67. The number of hydrogen-bond donors (Lipinski definition) is 1. The predicted molar refractivity (Wildman–Crippen MR) is 72.2 cm³/mol. The van der Waals surface area contributed by atoms with Crippen LogP contribution >= 0.6 is 0 Å². The molecule has 0 aliphatic carbocycles. The lowest BCUT2D eigenvalue weighted by atomic mass is 10.2. The molecule has 0 aliphatic heterocycles. The molecule has 4 heteroatoms. The molecule has 1 aromatic carbocycles. The summed E-state index contributed by atoms with van der Waals surface area (Å²) in [6, 6.07) is 3.56. The van der Waals surface area contributed by atoms with Crippen LogP contribution < -0.4 is 4.74 Å². The molecule has 0 bridgehead atoms. The number of hydrogen-bond acceptors (Lipinski definition) is 3. The molecule has 0 amide bonds. The van der Waals surface area contributed by atoms with Gasteiger partial charge in [0, 0.05) is 18.7 Å². The number of nitrogens with zero attached hydrogens (tertiary/aromatic N) is 2. The molecule has 2 rings (SSSR count). The van der Waals surface area contributed by atoms with E-state index in [9.17, 15) is 5.11 Å². The Morgan fingerprint density at radius 3 is 2.78 bits per heavy atom. The molecule has 0 saturated carbocycles. The van der Waals surface area contributed by atoms with Gasteiger partial charge in [-0.3, -0.25) is 0 Å². The molecule has 2 aromatic rings. The number of aromatic hydroxyl groups is 1. The third-order valence-corrected chi connectivity index (χ3v) is 3.05. The SMILES string of the molecule is CCCCn1c(C)nc2cc(O)c(OCC)cc21. The van der Waals surface area contributed by atoms with Crippen LogP contribution in [-0.2, 0) is 6.54 Å². The maximum atomic E-state index is 9.84. The van der Waals surface area contributed by atoms with Gasteiger partial charge in [-0.15, -0.1) is 0 Å². The van der Waals surface area contributed by atoms with Crippen LogP contribution in [0.15, 0.2) is 12.1 Å². The minimum absolute atomic E-state index is 0.157. The number of phenolic OH excluding ortho intramolecular Hbond substituents is 1. The van der Waals surface area contributed by atoms with Crippen molar-refractivity contribution in [3.63, 3.8) is 0 Å². The van der Waals surface area contributed by atoms with Crippen LogP contribution in [0.3, 0.4) is 0 Å². The quantitative estimate of drug-likeness (QED) is 0.883. The van der Waals surface area contributed by atoms with Gasteiger partial charge in [-0.1, -0.05) is 13.3 Å². The number of phenols is 1. The van der Waals surface area contributed by atoms with Crippen molar-refractivity contribution < 1.29 is 9.84 Å². The van der Waals surface area contributed by atoms with Crippen molar-refractivity contribution in [3.8, 4) is 11.5 Å². The fourth-order valence-corrected chi connectivity index (χ4v) is 2.13. The van der Waals surface area contributed by atoms with E-state index in [-0.39, 0.29) is 5.75 Å². The fourth-order valence-electron chi connectivity index (χ4n) is 2.13. The van der Waals surface area contributed by atoms with Crippen LogP contribution in [0.1, 0.15) is 32.5 Å². The highest BCUT2D eigenvalue weighted by Crippen LogP contribution is 2.31. The van der Waals surface area contributed by atoms with Gasteiger partial charge in [0.05, 0.1) is 17.6 Å². The second kappa shape index (κ2) is 5.29. The lowest BCUT2D eigenvalue weighted by molar-refractivity contribution is 0.318. The van der Waals surface area contributed by atoms with E-state index in [0.29, 0.717) is 12.4 Å². The molecule has 0 fully saturated rings. The van der Waals surface area contributed by atoms with Gasteiger partial charge in [0.25, 0.3) is 0 Å². The molecular formula is C14H20N2O2. The summed E-state index contributed by atoms with van der Waals surface area (Å²) in [4.78, 5) is 4.48. The molecule has 0 aliphatic rings. The normalized spacial score (nSPS) is 11.1. The first-order valence-electron chi connectivity index (χ1n) is 6.50. The average Bonchev–Trinajstić information content (AvgIpc) is 2.63. The van der Waals surface area contributed by atoms with Crippen molar-refractivity contribution in [1.82, 2.24) is 9.55 Å². The molecule has 1 N–H and O–H groups in total. The number of aryl methyl sites for hydroxylation is 2. The van der Waals surface area contributed by atoms with E-state index in [1.165, 1.54) is 0 Å². The zero-order valence-corrected chi connectivity index (χ0v) is 11.2. The maximum absolute atomic E-state index is 9.84. The van der Waals surface area contributed by atoms with Gasteiger partial charge < -0.3 is 14.4 Å². The number of rotatable bonds is 5. The Labute approximate surface area is 107 Å². The van der Waals surface area contributed by atoms with Gasteiger partial charge in [-0.25, -0.2) is 4.98 Å². The molecule has 0 radical (unpaired) electrons. The van der Waals surface area contributed by atoms with Gasteiger partial charge in [0.2, 0.25) is 0 Å². The molecule has 4 nitrogen and oxygen atoms in total. The Morgan fingerprint density at radius 2 is 2.11 bits per heavy atom. The van der Waals surface area contributed by atoms with Gasteiger partial charge in [-0.05, 0) is 20.3 Å². The zero-order chi connectivity index (χ0) is 13.1. The van der Waals surface area contributed by atoms with Crippen molar-refractivity contribution in [1.29, 1.82) is 0 Å². The summed E-state index contributed by atoms with van der Waals surface area (Å²) in [5.74, 6) is 1.67. The molecule has 0 unspecified atom stereocenters. The number of imidazole rings is 1. The summed E-state index contributed by atoms with van der Waals surface area (Å²) >= 11 is 0. The largest absolute Gasteiger partial charge is 0.504 e. The maximum Gasteiger partial charge on any atom is 0.163 e. The molecule has 0 atom stereocenters. The highest BCUT2D eigenvalue weighted by Gasteiger charge is 2.11. The van der Waals surface area contributed by atoms with E-state index in [1.807, 2.05) is 19.9 Å². The van der Waals surface area contributed by atoms with E-state index in [1.54, 1.807) is 6.07 Å². The van der Waals surface area contributed by atoms with Crippen molar-refractivity contribution >= 4 is 11.0 Å². The van der Waals surface area contributed by atoms with E-state index in [2.05, 4.69) is 16.5 Å². The fraction of sp³-hybridized carbons (Fsp3) is 0.500. The third-order valence-electron chi connectivity index (χ3n) is 3.05. The Hall–Kier alpha value is -1.71. The Balaban J connectivity index is 2.49. The van der Waals surface area contributed by atoms with E-state index >= 15 is 0 Å². The van der Waals surface area contributed by atoms with Gasteiger partial charge in [0.15, 0.2) is 11.5 Å². The van der Waals surface area contributed by atoms with Crippen LogP contribution in [0.2, 0.25) is 0 Å². The molecule has 1 heterocycles.